The van der Waals surface area contributed by atoms with Crippen LogP contribution in [0.25, 0.3) is 57.8 Å². The number of fused-ring (bicyclic) bond motifs is 7. The van der Waals surface area contributed by atoms with E-state index in [0.29, 0.717) is 10.0 Å². The molecular weight excluding hydrogens is 625 g/mol. The van der Waals surface area contributed by atoms with Crippen molar-refractivity contribution in [3.8, 4) is 41.4 Å². The maximum absolute atomic E-state index is 9.04. The summed E-state index contributed by atoms with van der Waals surface area (Å²) in [6.07, 6.45) is 0. The predicted molar refractivity (Wildman–Crippen MR) is 176 cm³/mol. The number of rotatable bonds is 4. The smallest absolute Gasteiger partial charge is 0.350 e. The van der Waals surface area contributed by atoms with Crippen molar-refractivity contribution in [3.63, 3.8) is 0 Å². The molecule has 0 N–H and O–H groups in total. The second-order valence-electron chi connectivity index (χ2n) is 9.44. The molecule has 1 aliphatic carbocycles. The Balaban J connectivity index is 1.26. The van der Waals surface area contributed by atoms with Crippen LogP contribution >= 0.6 is 68.0 Å². The van der Waals surface area contributed by atoms with Gasteiger partial charge in [-0.15, -0.1) is 45.3 Å². The third-order valence-electron chi connectivity index (χ3n) is 6.70. The molecule has 0 radical (unpaired) electrons. The standard InChI is InChI=1S/C29H12N6S6/c1-29(2)23-25-17(9-15(38-25)13-5-7-21(36-13)34-19(11-30)32-3)40-27(23)28-24(29)26-18(41-28)10-16(39-26)14-6-8-22(37-14)35-20(12-31)33-4/h5-10H,1-2H3. The van der Waals surface area contributed by atoms with Crippen LogP contribution in [-0.4, -0.2) is 11.7 Å². The highest BCUT2D eigenvalue weighted by Gasteiger charge is 2.43. The van der Waals surface area contributed by atoms with Gasteiger partial charge in [0.05, 0.1) is 19.2 Å². The molecule has 6 heterocycles. The van der Waals surface area contributed by atoms with Crippen LogP contribution in [-0.2, 0) is 5.41 Å². The number of amidine groups is 2. The fourth-order valence-electron chi connectivity index (χ4n) is 5.00. The van der Waals surface area contributed by atoms with Crippen LogP contribution in [0.1, 0.15) is 25.0 Å². The molecule has 0 fully saturated rings. The van der Waals surface area contributed by atoms with Crippen molar-refractivity contribution >= 4 is 108 Å². The van der Waals surface area contributed by atoms with Gasteiger partial charge in [0, 0.05) is 34.3 Å². The van der Waals surface area contributed by atoms with Crippen molar-refractivity contribution in [2.24, 2.45) is 9.98 Å². The van der Waals surface area contributed by atoms with Crippen molar-refractivity contribution < 1.29 is 0 Å². The molecule has 0 atom stereocenters. The Labute approximate surface area is 258 Å². The Hall–Kier alpha value is -3.98. The lowest BCUT2D eigenvalue weighted by atomic mass is 9.84. The maximum atomic E-state index is 9.04. The third-order valence-corrected chi connectivity index (χ3v) is 14.0. The fraction of sp³-hybridized carbons (Fsp3) is 0.103. The van der Waals surface area contributed by atoms with Crippen molar-refractivity contribution in [3.05, 3.63) is 70.4 Å². The van der Waals surface area contributed by atoms with Gasteiger partial charge < -0.3 is 9.69 Å². The molecule has 6 aromatic rings. The van der Waals surface area contributed by atoms with E-state index in [4.69, 9.17) is 23.7 Å². The molecule has 0 aromatic carbocycles. The molecule has 41 heavy (non-hydrogen) atoms. The minimum atomic E-state index is -0.152. The highest BCUT2D eigenvalue weighted by atomic mass is 32.1. The van der Waals surface area contributed by atoms with Gasteiger partial charge in [0.1, 0.15) is 12.1 Å². The Bertz CT molecular complexity index is 2100. The predicted octanol–water partition coefficient (Wildman–Crippen LogP) is 10.9. The van der Waals surface area contributed by atoms with E-state index < -0.39 is 0 Å². The Morgan fingerprint density at radius 3 is 1.51 bits per heavy atom. The zero-order valence-corrected chi connectivity index (χ0v) is 26.0. The average molecular weight is 637 g/mol. The highest BCUT2D eigenvalue weighted by Crippen LogP contribution is 2.63. The van der Waals surface area contributed by atoms with E-state index in [1.807, 2.05) is 59.1 Å². The summed E-state index contributed by atoms with van der Waals surface area (Å²) >= 11 is 10.3. The van der Waals surface area contributed by atoms with Gasteiger partial charge in [0.25, 0.3) is 0 Å². The van der Waals surface area contributed by atoms with Gasteiger partial charge in [0.15, 0.2) is 0 Å². The first kappa shape index (κ1) is 26.0. The van der Waals surface area contributed by atoms with E-state index in [1.54, 1.807) is 22.7 Å². The van der Waals surface area contributed by atoms with Crippen LogP contribution in [0.5, 0.6) is 0 Å². The molecule has 0 saturated carbocycles. The lowest BCUT2D eigenvalue weighted by Gasteiger charge is -2.20. The first-order valence-electron chi connectivity index (χ1n) is 11.9. The second kappa shape index (κ2) is 9.55. The number of nitriles is 2. The summed E-state index contributed by atoms with van der Waals surface area (Å²) in [6.45, 7) is 18.8. The molecule has 1 aliphatic rings. The van der Waals surface area contributed by atoms with Gasteiger partial charge in [-0.05, 0) is 47.5 Å². The molecular formula is C29H12N6S6. The number of hydrogen-bond acceptors (Lipinski definition) is 10. The summed E-state index contributed by atoms with van der Waals surface area (Å²) in [6, 6.07) is 15.9. The molecule has 6 aromatic heterocycles. The zero-order valence-electron chi connectivity index (χ0n) is 21.1. The summed E-state index contributed by atoms with van der Waals surface area (Å²) in [5.74, 6) is -0.304. The SMILES string of the molecule is [C-]#[N+]C(C#N)=Nc1ccc(-c2cc3sc4c(c3s2)C(C)(C)c2c-4sc3cc(-c4ccc(N=C(C#N)[N+]#[C-])s4)sc23)s1. The van der Waals surface area contributed by atoms with Gasteiger partial charge in [-0.2, -0.15) is 0 Å². The molecule has 0 aliphatic heterocycles. The molecule has 194 valence electrons. The topological polar surface area (TPSA) is 81.0 Å². The average Bonchev–Trinajstić information content (AvgIpc) is 3.78. The quantitative estimate of drug-likeness (QED) is 0.110. The van der Waals surface area contributed by atoms with Crippen molar-refractivity contribution in [2.75, 3.05) is 0 Å². The van der Waals surface area contributed by atoms with E-state index in [-0.39, 0.29) is 17.1 Å². The van der Waals surface area contributed by atoms with Crippen LogP contribution < -0.4 is 0 Å². The summed E-state index contributed by atoms with van der Waals surface area (Å²) in [7, 11) is 0. The van der Waals surface area contributed by atoms with Crippen LogP contribution in [0.3, 0.4) is 0 Å². The number of thiophene rings is 6. The van der Waals surface area contributed by atoms with Gasteiger partial charge in [0.2, 0.25) is 10.0 Å². The Morgan fingerprint density at radius 2 is 1.12 bits per heavy atom. The van der Waals surface area contributed by atoms with E-state index in [2.05, 4.69) is 45.7 Å². The maximum Gasteiger partial charge on any atom is 0.350 e. The summed E-state index contributed by atoms with van der Waals surface area (Å²) in [5, 5.41) is 19.4. The number of aliphatic imine (C=N–C) groups is 2. The molecule has 12 heteroatoms. The number of nitrogens with zero attached hydrogens (tertiary/aromatic N) is 6. The molecule has 0 bridgehead atoms. The Kier molecular flexibility index (Phi) is 6.04. The van der Waals surface area contributed by atoms with E-state index >= 15 is 0 Å². The van der Waals surface area contributed by atoms with E-state index in [9.17, 15) is 0 Å². The fourth-order valence-corrected chi connectivity index (χ4v) is 13.0. The van der Waals surface area contributed by atoms with Crippen LogP contribution in [0, 0.1) is 35.8 Å². The van der Waals surface area contributed by atoms with Gasteiger partial charge in [-0.1, -0.05) is 59.7 Å². The van der Waals surface area contributed by atoms with Gasteiger partial charge in [-0.3, -0.25) is 0 Å². The molecule has 0 amide bonds. The largest absolute Gasteiger partial charge is 0.351 e. The first-order chi connectivity index (χ1) is 19.8. The van der Waals surface area contributed by atoms with E-state index in [1.165, 1.54) is 72.1 Å². The van der Waals surface area contributed by atoms with Crippen molar-refractivity contribution in [2.45, 2.75) is 19.3 Å². The third kappa shape index (κ3) is 4.01. The monoisotopic (exact) mass is 636 g/mol. The molecule has 0 saturated heterocycles. The summed E-state index contributed by atoms with van der Waals surface area (Å²) in [5.41, 5.74) is 2.66. The lowest BCUT2D eigenvalue weighted by molar-refractivity contribution is 0.676. The number of hydrogen-bond donors (Lipinski definition) is 0. The first-order valence-corrected chi connectivity index (χ1v) is 16.8. The molecule has 7 rings (SSSR count). The highest BCUT2D eigenvalue weighted by molar-refractivity contribution is 7.37. The van der Waals surface area contributed by atoms with Gasteiger partial charge >= 0.3 is 11.7 Å². The van der Waals surface area contributed by atoms with Crippen molar-refractivity contribution in [1.82, 2.24) is 0 Å². The molecule has 6 nitrogen and oxygen atoms in total. The summed E-state index contributed by atoms with van der Waals surface area (Å²) in [4.78, 5) is 21.9. The normalized spacial score (nSPS) is 14.0. The minimum Gasteiger partial charge on any atom is -0.351 e. The molecule has 0 spiro atoms. The van der Waals surface area contributed by atoms with Crippen molar-refractivity contribution in [1.29, 1.82) is 10.5 Å². The van der Waals surface area contributed by atoms with E-state index in [0.717, 1.165) is 9.75 Å². The second-order valence-corrected chi connectivity index (χ2v) is 15.8. The minimum absolute atomic E-state index is 0.143. The van der Waals surface area contributed by atoms with Crippen LogP contribution in [0.2, 0.25) is 0 Å². The van der Waals surface area contributed by atoms with Crippen LogP contribution in [0.15, 0.2) is 46.4 Å². The van der Waals surface area contributed by atoms with Crippen LogP contribution in [0.4, 0.5) is 10.0 Å². The lowest BCUT2D eigenvalue weighted by Crippen LogP contribution is -2.14. The van der Waals surface area contributed by atoms with Gasteiger partial charge in [-0.25, -0.2) is 10.5 Å². The zero-order chi connectivity index (χ0) is 28.5. The Morgan fingerprint density at radius 1 is 0.683 bits per heavy atom. The summed E-state index contributed by atoms with van der Waals surface area (Å²) < 4.78 is 5.21. The molecule has 0 unspecified atom stereocenters.